The molecule has 0 aliphatic rings. The van der Waals surface area contributed by atoms with Gasteiger partial charge in [0, 0.05) is 17.0 Å². The van der Waals surface area contributed by atoms with Crippen molar-refractivity contribution in [2.75, 3.05) is 0 Å². The first kappa shape index (κ1) is 16.2. The predicted octanol–water partition coefficient (Wildman–Crippen LogP) is 3.67. The van der Waals surface area contributed by atoms with E-state index in [1.807, 2.05) is 49.6 Å². The Hall–Kier alpha value is -2.67. The molecule has 0 aliphatic carbocycles. The van der Waals surface area contributed by atoms with Crippen LogP contribution in [0, 0.1) is 6.92 Å². The first-order valence-corrected chi connectivity index (χ1v) is 8.47. The number of urea groups is 1. The minimum absolute atomic E-state index is 0.175. The van der Waals surface area contributed by atoms with E-state index < -0.39 is 0 Å². The lowest BCUT2D eigenvalue weighted by Crippen LogP contribution is -2.36. The maximum absolute atomic E-state index is 12.0. The number of rotatable bonds is 5. The zero-order valence-electron chi connectivity index (χ0n) is 13.4. The molecule has 1 aromatic carbocycles. The van der Waals surface area contributed by atoms with Gasteiger partial charge in [-0.1, -0.05) is 35.5 Å². The van der Waals surface area contributed by atoms with Crippen LogP contribution < -0.4 is 10.6 Å². The van der Waals surface area contributed by atoms with E-state index in [2.05, 4.69) is 20.8 Å². The van der Waals surface area contributed by atoms with Crippen LogP contribution in [0.5, 0.6) is 0 Å². The fourth-order valence-electron chi connectivity index (χ4n) is 2.21. The molecular formula is C17H18N4O2S. The zero-order valence-corrected chi connectivity index (χ0v) is 14.3. The number of amides is 2. The second-order valence-corrected chi connectivity index (χ2v) is 6.30. The van der Waals surface area contributed by atoms with Crippen LogP contribution in [-0.2, 0) is 6.54 Å². The monoisotopic (exact) mass is 342 g/mol. The lowest BCUT2D eigenvalue weighted by molar-refractivity contribution is 0.237. The highest BCUT2D eigenvalue weighted by Gasteiger charge is 2.14. The van der Waals surface area contributed by atoms with Gasteiger partial charge in [-0.3, -0.25) is 0 Å². The number of benzene rings is 1. The van der Waals surface area contributed by atoms with Gasteiger partial charge in [0.25, 0.3) is 0 Å². The van der Waals surface area contributed by atoms with Crippen LogP contribution in [0.25, 0.3) is 11.3 Å². The van der Waals surface area contributed by atoms with Crippen molar-refractivity contribution in [3.05, 3.63) is 58.2 Å². The van der Waals surface area contributed by atoms with E-state index in [0.717, 1.165) is 22.0 Å². The van der Waals surface area contributed by atoms with Crippen molar-refractivity contribution in [3.63, 3.8) is 0 Å². The molecule has 0 fully saturated rings. The second kappa shape index (κ2) is 7.27. The molecule has 0 bridgehead atoms. The van der Waals surface area contributed by atoms with E-state index in [0.29, 0.717) is 12.2 Å². The maximum atomic E-state index is 12.0. The minimum atomic E-state index is -0.264. The Morgan fingerprint density at radius 3 is 2.83 bits per heavy atom. The lowest BCUT2D eigenvalue weighted by atomic mass is 10.2. The Kier molecular flexibility index (Phi) is 4.90. The van der Waals surface area contributed by atoms with Crippen molar-refractivity contribution in [1.29, 1.82) is 0 Å². The van der Waals surface area contributed by atoms with Crippen LogP contribution in [0.1, 0.15) is 29.4 Å². The molecule has 2 aromatic heterocycles. The molecule has 24 heavy (non-hydrogen) atoms. The fraction of sp³-hybridized carbons (Fsp3) is 0.235. The highest BCUT2D eigenvalue weighted by atomic mass is 32.1. The number of nitrogens with one attached hydrogen (secondary N) is 2. The molecule has 6 nitrogen and oxygen atoms in total. The molecule has 1 unspecified atom stereocenters. The van der Waals surface area contributed by atoms with E-state index >= 15 is 0 Å². The number of carbonyl (C=O) groups excluding carboxylic acids is 1. The number of thiazole rings is 1. The Balaban J connectivity index is 1.55. The normalized spacial score (nSPS) is 11.9. The van der Waals surface area contributed by atoms with E-state index in [-0.39, 0.29) is 12.1 Å². The van der Waals surface area contributed by atoms with Gasteiger partial charge in [0.05, 0.1) is 18.3 Å². The molecule has 2 heterocycles. The molecule has 0 aliphatic heterocycles. The van der Waals surface area contributed by atoms with E-state index in [9.17, 15) is 4.79 Å². The van der Waals surface area contributed by atoms with Gasteiger partial charge in [0.2, 0.25) is 0 Å². The zero-order chi connectivity index (χ0) is 16.9. The number of hydrogen-bond acceptors (Lipinski definition) is 5. The molecule has 3 rings (SSSR count). The standard InChI is InChI=1S/C17H18N4O2S/c1-11-8-14(21-23-11)9-18-17(22)19-12(2)16-20-15(10-24-16)13-6-4-3-5-7-13/h3-8,10,12H,9H2,1-2H3,(H2,18,19,22). The molecule has 0 saturated carbocycles. The number of hydrogen-bond donors (Lipinski definition) is 2. The number of carbonyl (C=O) groups is 1. The van der Waals surface area contributed by atoms with Gasteiger partial charge in [-0.05, 0) is 13.8 Å². The quantitative estimate of drug-likeness (QED) is 0.741. The number of aromatic nitrogens is 2. The van der Waals surface area contributed by atoms with Gasteiger partial charge in [-0.25, -0.2) is 9.78 Å². The van der Waals surface area contributed by atoms with Crippen LogP contribution in [0.15, 0.2) is 46.3 Å². The number of aryl methyl sites for hydroxylation is 1. The van der Waals surface area contributed by atoms with Gasteiger partial charge < -0.3 is 15.2 Å². The van der Waals surface area contributed by atoms with E-state index in [4.69, 9.17) is 4.52 Å². The molecule has 124 valence electrons. The average molecular weight is 342 g/mol. The van der Waals surface area contributed by atoms with Crippen LogP contribution in [0.3, 0.4) is 0 Å². The Bertz CT molecular complexity index is 813. The molecule has 3 aromatic rings. The Morgan fingerprint density at radius 2 is 2.12 bits per heavy atom. The van der Waals surface area contributed by atoms with Gasteiger partial charge in [0.15, 0.2) is 0 Å². The van der Waals surface area contributed by atoms with E-state index in [1.165, 1.54) is 11.3 Å². The number of nitrogens with zero attached hydrogens (tertiary/aromatic N) is 2. The van der Waals surface area contributed by atoms with E-state index in [1.54, 1.807) is 6.07 Å². The third-order valence-corrected chi connectivity index (χ3v) is 4.44. The molecule has 0 spiro atoms. The third-order valence-electron chi connectivity index (χ3n) is 3.42. The molecule has 0 radical (unpaired) electrons. The smallest absolute Gasteiger partial charge is 0.315 e. The van der Waals surface area contributed by atoms with Gasteiger partial charge in [-0.2, -0.15) is 0 Å². The van der Waals surface area contributed by atoms with Crippen molar-refractivity contribution in [2.45, 2.75) is 26.4 Å². The van der Waals surface area contributed by atoms with Crippen LogP contribution in [-0.4, -0.2) is 16.2 Å². The van der Waals surface area contributed by atoms with Gasteiger partial charge in [0.1, 0.15) is 16.5 Å². The first-order chi connectivity index (χ1) is 11.6. The summed E-state index contributed by atoms with van der Waals surface area (Å²) < 4.78 is 4.96. The largest absolute Gasteiger partial charge is 0.361 e. The second-order valence-electron chi connectivity index (χ2n) is 5.41. The van der Waals surface area contributed by atoms with Crippen molar-refractivity contribution in [3.8, 4) is 11.3 Å². The Morgan fingerprint density at radius 1 is 1.33 bits per heavy atom. The summed E-state index contributed by atoms with van der Waals surface area (Å²) in [6, 6.07) is 11.3. The SMILES string of the molecule is Cc1cc(CNC(=O)NC(C)c2nc(-c3ccccc3)cs2)no1. The predicted molar refractivity (Wildman–Crippen MR) is 92.6 cm³/mol. The summed E-state index contributed by atoms with van der Waals surface area (Å²) in [5.41, 5.74) is 2.68. The average Bonchev–Trinajstić information content (AvgIpc) is 3.23. The summed E-state index contributed by atoms with van der Waals surface area (Å²) >= 11 is 1.53. The molecule has 0 saturated heterocycles. The molecule has 1 atom stereocenters. The fourth-order valence-corrected chi connectivity index (χ4v) is 3.04. The highest BCUT2D eigenvalue weighted by Crippen LogP contribution is 2.25. The topological polar surface area (TPSA) is 80.0 Å². The summed E-state index contributed by atoms with van der Waals surface area (Å²) in [6.45, 7) is 4.04. The molecular weight excluding hydrogens is 324 g/mol. The highest BCUT2D eigenvalue weighted by molar-refractivity contribution is 7.10. The van der Waals surface area contributed by atoms with Crippen molar-refractivity contribution in [2.24, 2.45) is 0 Å². The van der Waals surface area contributed by atoms with Crippen molar-refractivity contribution < 1.29 is 9.32 Å². The van der Waals surface area contributed by atoms with Crippen LogP contribution in [0.2, 0.25) is 0 Å². The molecule has 2 amide bonds. The van der Waals surface area contributed by atoms with Crippen LogP contribution in [0.4, 0.5) is 4.79 Å². The maximum Gasteiger partial charge on any atom is 0.315 e. The summed E-state index contributed by atoms with van der Waals surface area (Å²) in [5.74, 6) is 0.719. The van der Waals surface area contributed by atoms with Crippen molar-refractivity contribution >= 4 is 17.4 Å². The lowest BCUT2D eigenvalue weighted by Gasteiger charge is -2.11. The third kappa shape index (κ3) is 3.99. The van der Waals surface area contributed by atoms with Gasteiger partial charge >= 0.3 is 6.03 Å². The van der Waals surface area contributed by atoms with Crippen molar-refractivity contribution in [1.82, 2.24) is 20.8 Å². The van der Waals surface area contributed by atoms with Gasteiger partial charge in [-0.15, -0.1) is 11.3 Å². The minimum Gasteiger partial charge on any atom is -0.361 e. The first-order valence-electron chi connectivity index (χ1n) is 7.59. The Labute approximate surface area is 143 Å². The summed E-state index contributed by atoms with van der Waals surface area (Å²) in [6.07, 6.45) is 0. The summed E-state index contributed by atoms with van der Waals surface area (Å²) in [7, 11) is 0. The summed E-state index contributed by atoms with van der Waals surface area (Å²) in [4.78, 5) is 16.6. The summed E-state index contributed by atoms with van der Waals surface area (Å²) in [5, 5.41) is 12.3. The van der Waals surface area contributed by atoms with Crippen LogP contribution >= 0.6 is 11.3 Å². The molecule has 7 heteroatoms. The molecule has 2 N–H and O–H groups in total.